The first kappa shape index (κ1) is 9.16. The molecule has 1 rings (SSSR count). The van der Waals surface area contributed by atoms with Gasteiger partial charge in [-0.1, -0.05) is 0 Å². The molecule has 0 aliphatic rings. The summed E-state index contributed by atoms with van der Waals surface area (Å²) in [7, 11) is 0. The molecule has 1 amide bonds. The predicted octanol–water partition coefficient (Wildman–Crippen LogP) is -0.150. The summed E-state index contributed by atoms with van der Waals surface area (Å²) < 4.78 is 0. The smallest absolute Gasteiger partial charge is 0.239 e. The number of pyridine rings is 1. The number of nitrogens with one attached hydrogen (secondary N) is 1. The van der Waals surface area contributed by atoms with Crippen LogP contribution in [0, 0.1) is 11.3 Å². The predicted molar refractivity (Wildman–Crippen MR) is 46.6 cm³/mol. The second-order valence-electron chi connectivity index (χ2n) is 2.26. The van der Waals surface area contributed by atoms with E-state index in [-0.39, 0.29) is 18.3 Å². The van der Waals surface area contributed by atoms with Crippen molar-refractivity contribution in [3.8, 4) is 6.07 Å². The SMILES string of the molecule is N#Cc1cccnc1NC(=O)CN. The van der Waals surface area contributed by atoms with E-state index in [1.807, 2.05) is 6.07 Å². The van der Waals surface area contributed by atoms with Gasteiger partial charge in [0.1, 0.15) is 11.9 Å². The van der Waals surface area contributed by atoms with Crippen LogP contribution >= 0.6 is 0 Å². The number of nitriles is 1. The minimum atomic E-state index is -0.366. The van der Waals surface area contributed by atoms with Crippen LogP contribution in [0.25, 0.3) is 0 Å². The highest BCUT2D eigenvalue weighted by atomic mass is 16.1. The van der Waals surface area contributed by atoms with Crippen molar-refractivity contribution in [2.24, 2.45) is 5.73 Å². The highest BCUT2D eigenvalue weighted by Gasteiger charge is 2.04. The van der Waals surface area contributed by atoms with E-state index in [4.69, 9.17) is 11.0 Å². The van der Waals surface area contributed by atoms with Crippen molar-refractivity contribution in [1.29, 1.82) is 5.26 Å². The number of nitrogens with zero attached hydrogens (tertiary/aromatic N) is 2. The van der Waals surface area contributed by atoms with Crippen LogP contribution in [-0.4, -0.2) is 17.4 Å². The molecule has 66 valence electrons. The molecular weight excluding hydrogens is 168 g/mol. The largest absolute Gasteiger partial charge is 0.322 e. The first-order valence-corrected chi connectivity index (χ1v) is 3.63. The Labute approximate surface area is 75.2 Å². The average Bonchev–Trinajstić information content (AvgIpc) is 2.18. The summed E-state index contributed by atoms with van der Waals surface area (Å²) in [6.07, 6.45) is 1.49. The quantitative estimate of drug-likeness (QED) is 0.655. The molecule has 0 saturated carbocycles. The Kier molecular flexibility index (Phi) is 2.95. The van der Waals surface area contributed by atoms with E-state index in [0.717, 1.165) is 0 Å². The fourth-order valence-corrected chi connectivity index (χ4v) is 0.778. The van der Waals surface area contributed by atoms with Gasteiger partial charge in [0.2, 0.25) is 5.91 Å². The van der Waals surface area contributed by atoms with Gasteiger partial charge in [0, 0.05) is 6.20 Å². The standard InChI is InChI=1S/C8H8N4O/c9-4-6-2-1-3-11-8(6)12-7(13)5-10/h1-3H,5,10H2,(H,11,12,13). The second-order valence-corrected chi connectivity index (χ2v) is 2.26. The Morgan fingerprint density at radius 1 is 1.77 bits per heavy atom. The van der Waals surface area contributed by atoms with E-state index in [0.29, 0.717) is 5.56 Å². The molecule has 1 aromatic rings. The fraction of sp³-hybridized carbons (Fsp3) is 0.125. The van der Waals surface area contributed by atoms with Crippen LogP contribution in [0.1, 0.15) is 5.56 Å². The molecule has 0 spiro atoms. The van der Waals surface area contributed by atoms with Gasteiger partial charge in [-0.15, -0.1) is 0 Å². The number of amides is 1. The van der Waals surface area contributed by atoms with Crippen molar-refractivity contribution < 1.29 is 4.79 Å². The van der Waals surface area contributed by atoms with E-state index in [9.17, 15) is 4.79 Å². The summed E-state index contributed by atoms with van der Waals surface area (Å²) in [5.41, 5.74) is 5.41. The lowest BCUT2D eigenvalue weighted by atomic mass is 10.3. The molecular formula is C8H8N4O. The molecule has 0 bridgehead atoms. The van der Waals surface area contributed by atoms with Gasteiger partial charge in [0.05, 0.1) is 12.1 Å². The van der Waals surface area contributed by atoms with E-state index in [1.54, 1.807) is 12.1 Å². The number of anilines is 1. The zero-order chi connectivity index (χ0) is 9.68. The highest BCUT2D eigenvalue weighted by molar-refractivity contribution is 5.92. The maximum Gasteiger partial charge on any atom is 0.239 e. The Morgan fingerprint density at radius 2 is 2.54 bits per heavy atom. The molecule has 0 aliphatic carbocycles. The zero-order valence-electron chi connectivity index (χ0n) is 6.82. The van der Waals surface area contributed by atoms with Crippen molar-refractivity contribution in [3.63, 3.8) is 0 Å². The van der Waals surface area contributed by atoms with Crippen molar-refractivity contribution in [1.82, 2.24) is 4.98 Å². The second kappa shape index (κ2) is 4.18. The van der Waals surface area contributed by atoms with Gasteiger partial charge in [-0.05, 0) is 12.1 Å². The van der Waals surface area contributed by atoms with Gasteiger partial charge in [0.15, 0.2) is 0 Å². The molecule has 1 aromatic heterocycles. The van der Waals surface area contributed by atoms with Crippen molar-refractivity contribution in [3.05, 3.63) is 23.9 Å². The molecule has 13 heavy (non-hydrogen) atoms. The summed E-state index contributed by atoms with van der Waals surface area (Å²) in [5, 5.41) is 11.0. The maximum atomic E-state index is 10.9. The first-order chi connectivity index (χ1) is 6.27. The van der Waals surface area contributed by atoms with Crippen LogP contribution in [0.5, 0.6) is 0 Å². The van der Waals surface area contributed by atoms with Gasteiger partial charge < -0.3 is 11.1 Å². The summed E-state index contributed by atoms with van der Waals surface area (Å²) in [4.78, 5) is 14.7. The van der Waals surface area contributed by atoms with Crippen molar-refractivity contribution in [2.45, 2.75) is 0 Å². The van der Waals surface area contributed by atoms with Gasteiger partial charge in [0.25, 0.3) is 0 Å². The maximum absolute atomic E-state index is 10.9. The third-order valence-corrected chi connectivity index (χ3v) is 1.37. The van der Waals surface area contributed by atoms with Gasteiger partial charge in [-0.2, -0.15) is 5.26 Å². The van der Waals surface area contributed by atoms with E-state index < -0.39 is 0 Å². The van der Waals surface area contributed by atoms with Gasteiger partial charge in [-0.25, -0.2) is 4.98 Å². The van der Waals surface area contributed by atoms with Crippen LogP contribution in [0.4, 0.5) is 5.82 Å². The van der Waals surface area contributed by atoms with E-state index in [2.05, 4.69) is 10.3 Å². The lowest BCUT2D eigenvalue weighted by Gasteiger charge is -2.02. The Morgan fingerprint density at radius 3 is 3.15 bits per heavy atom. The van der Waals surface area contributed by atoms with Crippen LogP contribution in [-0.2, 0) is 4.79 Å². The average molecular weight is 176 g/mol. The Hall–Kier alpha value is -1.93. The van der Waals surface area contributed by atoms with Crippen LogP contribution in [0.15, 0.2) is 18.3 Å². The summed E-state index contributed by atoms with van der Waals surface area (Å²) in [6, 6.07) is 5.10. The first-order valence-electron chi connectivity index (χ1n) is 3.63. The molecule has 0 saturated heterocycles. The van der Waals surface area contributed by atoms with Crippen LogP contribution in [0.2, 0.25) is 0 Å². The zero-order valence-corrected chi connectivity index (χ0v) is 6.82. The molecule has 5 heteroatoms. The molecule has 0 aliphatic heterocycles. The van der Waals surface area contributed by atoms with Crippen LogP contribution < -0.4 is 11.1 Å². The van der Waals surface area contributed by atoms with Gasteiger partial charge in [-0.3, -0.25) is 4.79 Å². The number of carbonyl (C=O) groups excluding carboxylic acids is 1. The summed E-state index contributed by atoms with van der Waals surface area (Å²) in [5.74, 6) is -0.115. The number of hydrogen-bond donors (Lipinski definition) is 2. The molecule has 1 heterocycles. The molecule has 0 radical (unpaired) electrons. The van der Waals surface area contributed by atoms with E-state index >= 15 is 0 Å². The summed E-state index contributed by atoms with van der Waals surface area (Å²) in [6.45, 7) is -0.124. The molecule has 0 atom stereocenters. The third-order valence-electron chi connectivity index (χ3n) is 1.37. The normalized spacial score (nSPS) is 8.92. The topological polar surface area (TPSA) is 91.8 Å². The third kappa shape index (κ3) is 2.25. The number of rotatable bonds is 2. The molecule has 0 fully saturated rings. The van der Waals surface area contributed by atoms with Gasteiger partial charge >= 0.3 is 0 Å². The number of nitrogens with two attached hydrogens (primary N) is 1. The minimum absolute atomic E-state index is 0.124. The minimum Gasteiger partial charge on any atom is -0.322 e. The van der Waals surface area contributed by atoms with Crippen LogP contribution in [0.3, 0.4) is 0 Å². The number of carbonyl (C=O) groups is 1. The number of hydrogen-bond acceptors (Lipinski definition) is 4. The van der Waals surface area contributed by atoms with Crippen molar-refractivity contribution >= 4 is 11.7 Å². The van der Waals surface area contributed by atoms with Crippen molar-refractivity contribution in [2.75, 3.05) is 11.9 Å². The molecule has 0 aromatic carbocycles. The fourth-order valence-electron chi connectivity index (χ4n) is 0.778. The lowest BCUT2D eigenvalue weighted by Crippen LogP contribution is -2.22. The summed E-state index contributed by atoms with van der Waals surface area (Å²) >= 11 is 0. The lowest BCUT2D eigenvalue weighted by molar-refractivity contribution is -0.114. The van der Waals surface area contributed by atoms with E-state index in [1.165, 1.54) is 6.20 Å². The number of aromatic nitrogens is 1. The highest BCUT2D eigenvalue weighted by Crippen LogP contribution is 2.08. The molecule has 3 N–H and O–H groups in total. The monoisotopic (exact) mass is 176 g/mol. The molecule has 5 nitrogen and oxygen atoms in total. The Balaban J connectivity index is 2.89. The Bertz CT molecular complexity index is 355. The molecule has 0 unspecified atom stereocenters.